The number of aliphatic imine (C=N–C) groups is 2. The Morgan fingerprint density at radius 2 is 1.20 bits per heavy atom. The Morgan fingerprint density at radius 3 is 1.57 bits per heavy atom. The van der Waals surface area contributed by atoms with Crippen molar-refractivity contribution < 1.29 is 8.78 Å². The fourth-order valence-corrected chi connectivity index (χ4v) is 6.18. The van der Waals surface area contributed by atoms with Crippen LogP contribution >= 0.6 is 46.7 Å². The molecule has 0 spiro atoms. The van der Waals surface area contributed by atoms with E-state index in [2.05, 4.69) is 0 Å². The molecule has 2 atom stereocenters. The minimum Gasteiger partial charge on any atom is -0.234 e. The van der Waals surface area contributed by atoms with E-state index in [1.165, 1.54) is 35.7 Å². The molecule has 0 bridgehead atoms. The van der Waals surface area contributed by atoms with Gasteiger partial charge in [0, 0.05) is 32.7 Å². The third kappa shape index (κ3) is 4.15. The second-order valence-corrected chi connectivity index (χ2v) is 9.45. The third-order valence-electron chi connectivity index (χ3n) is 4.74. The van der Waals surface area contributed by atoms with E-state index in [1.807, 2.05) is 23.9 Å². The first kappa shape index (κ1) is 21.7. The van der Waals surface area contributed by atoms with Crippen LogP contribution in [0, 0.1) is 11.6 Å². The molecule has 10 heteroatoms. The van der Waals surface area contributed by atoms with Crippen LogP contribution in [0.5, 0.6) is 0 Å². The fraction of sp³-hybridized carbons (Fsp3) is 0.300. The lowest BCUT2D eigenvalue weighted by atomic mass is 10.2. The first-order valence-electron chi connectivity index (χ1n) is 9.22. The molecule has 0 aromatic heterocycles. The lowest BCUT2D eigenvalue weighted by molar-refractivity contribution is 0.119. The maximum absolute atomic E-state index is 14.1. The molecule has 2 heterocycles. The summed E-state index contributed by atoms with van der Waals surface area (Å²) in [5.41, 5.74) is 0.907. The summed E-state index contributed by atoms with van der Waals surface area (Å²) in [6.07, 6.45) is -0.341. The Balaban J connectivity index is 1.45. The Bertz CT molecular complexity index is 912. The largest absolute Gasteiger partial charge is 0.234 e. The third-order valence-corrected chi connectivity index (χ3v) is 7.42. The van der Waals surface area contributed by atoms with Gasteiger partial charge in [0.05, 0.1) is 0 Å². The Labute approximate surface area is 192 Å². The van der Waals surface area contributed by atoms with Gasteiger partial charge in [0.2, 0.25) is 0 Å². The van der Waals surface area contributed by atoms with Crippen LogP contribution < -0.4 is 0 Å². The van der Waals surface area contributed by atoms with Crippen molar-refractivity contribution in [1.82, 2.24) is 10.0 Å². The second kappa shape index (κ2) is 8.94. The van der Waals surface area contributed by atoms with E-state index < -0.39 is 0 Å². The van der Waals surface area contributed by atoms with Gasteiger partial charge in [0.15, 0.2) is 10.3 Å². The number of amidine groups is 2. The number of thioether (sulfide) groups is 2. The van der Waals surface area contributed by atoms with Crippen molar-refractivity contribution in [1.29, 1.82) is 0 Å². The average molecular weight is 487 g/mol. The van der Waals surface area contributed by atoms with Crippen LogP contribution in [0.1, 0.15) is 25.0 Å². The maximum atomic E-state index is 14.1. The highest BCUT2D eigenvalue weighted by Gasteiger charge is 2.42. The van der Waals surface area contributed by atoms with E-state index in [0.717, 1.165) is 10.3 Å². The molecular formula is C20H18Cl2F2N4S2. The number of rotatable bonds is 4. The van der Waals surface area contributed by atoms with Crippen LogP contribution in [-0.4, -0.2) is 32.7 Å². The molecule has 4 rings (SSSR count). The lowest BCUT2D eigenvalue weighted by Gasteiger charge is -2.29. The fourth-order valence-electron chi connectivity index (χ4n) is 3.23. The normalized spacial score (nSPS) is 20.5. The van der Waals surface area contributed by atoms with E-state index in [9.17, 15) is 8.78 Å². The van der Waals surface area contributed by atoms with Crippen molar-refractivity contribution in [3.8, 4) is 0 Å². The van der Waals surface area contributed by atoms with Gasteiger partial charge >= 0.3 is 0 Å². The molecule has 158 valence electrons. The van der Waals surface area contributed by atoms with Gasteiger partial charge in [-0.1, -0.05) is 58.9 Å². The summed E-state index contributed by atoms with van der Waals surface area (Å²) < 4.78 is 28.2. The number of nitrogens with zero attached hydrogens (tertiary/aromatic N) is 4. The Morgan fingerprint density at radius 1 is 0.800 bits per heavy atom. The summed E-state index contributed by atoms with van der Waals surface area (Å²) in [5, 5.41) is 6.25. The van der Waals surface area contributed by atoms with Gasteiger partial charge in [-0.2, -0.15) is 0 Å². The van der Waals surface area contributed by atoms with Crippen LogP contribution in [0.3, 0.4) is 0 Å². The highest BCUT2D eigenvalue weighted by atomic mass is 35.5. The van der Waals surface area contributed by atoms with E-state index in [0.29, 0.717) is 32.7 Å². The van der Waals surface area contributed by atoms with Gasteiger partial charge in [0.25, 0.3) is 0 Å². The molecule has 0 N–H and O–H groups in total. The van der Waals surface area contributed by atoms with Gasteiger partial charge in [-0.15, -0.1) is 0 Å². The molecule has 0 fully saturated rings. The molecule has 2 aromatic carbocycles. The van der Waals surface area contributed by atoms with Crippen LogP contribution in [0.15, 0.2) is 46.4 Å². The standard InChI is InChI=1S/C20H18Cl2F2N4S2/c1-11-25-19(29-9-13-15(21)5-3-7-17(13)23)28-12(2)26-20(27(11)28)30-10-14-16(22)6-4-8-18(14)24/h3-8,11-12H,9-10H2,1-2H3. The van der Waals surface area contributed by atoms with Crippen molar-refractivity contribution in [2.45, 2.75) is 37.7 Å². The predicted octanol–water partition coefficient (Wildman–Crippen LogP) is 6.39. The highest BCUT2D eigenvalue weighted by molar-refractivity contribution is 8.13. The first-order valence-corrected chi connectivity index (χ1v) is 11.9. The number of benzene rings is 2. The number of hydrazine groups is 1. The lowest BCUT2D eigenvalue weighted by Crippen LogP contribution is -2.44. The van der Waals surface area contributed by atoms with E-state index in [4.69, 9.17) is 33.2 Å². The summed E-state index contributed by atoms with van der Waals surface area (Å²) in [6.45, 7) is 3.92. The quantitative estimate of drug-likeness (QED) is 0.500. The van der Waals surface area contributed by atoms with E-state index in [1.54, 1.807) is 24.3 Å². The maximum Gasteiger partial charge on any atom is 0.182 e. The average Bonchev–Trinajstić information content (AvgIpc) is 3.19. The smallest absolute Gasteiger partial charge is 0.182 e. The molecule has 2 unspecified atom stereocenters. The van der Waals surface area contributed by atoms with E-state index >= 15 is 0 Å². The van der Waals surface area contributed by atoms with Gasteiger partial charge in [-0.3, -0.25) is 0 Å². The number of hydrogen-bond donors (Lipinski definition) is 0. The van der Waals surface area contributed by atoms with Crippen molar-refractivity contribution in [2.75, 3.05) is 0 Å². The Kier molecular flexibility index (Phi) is 6.48. The van der Waals surface area contributed by atoms with Crippen LogP contribution in [0.25, 0.3) is 0 Å². The van der Waals surface area contributed by atoms with Gasteiger partial charge in [-0.05, 0) is 38.1 Å². The molecule has 0 aliphatic carbocycles. The first-order chi connectivity index (χ1) is 14.4. The summed E-state index contributed by atoms with van der Waals surface area (Å²) in [6, 6.07) is 9.33. The topological polar surface area (TPSA) is 31.2 Å². The van der Waals surface area contributed by atoms with Gasteiger partial charge < -0.3 is 0 Å². The van der Waals surface area contributed by atoms with Crippen molar-refractivity contribution in [2.24, 2.45) is 9.98 Å². The second-order valence-electron chi connectivity index (χ2n) is 6.75. The van der Waals surface area contributed by atoms with Crippen LogP contribution in [-0.2, 0) is 11.5 Å². The molecule has 0 saturated carbocycles. The zero-order valence-corrected chi connectivity index (χ0v) is 19.3. The van der Waals surface area contributed by atoms with Crippen LogP contribution in [0.2, 0.25) is 10.0 Å². The Hall–Kier alpha value is -1.48. The van der Waals surface area contributed by atoms with Crippen molar-refractivity contribution in [3.63, 3.8) is 0 Å². The molecular weight excluding hydrogens is 469 g/mol. The minimum absolute atomic E-state index is 0.170. The molecule has 4 nitrogen and oxygen atoms in total. The summed E-state index contributed by atoms with van der Waals surface area (Å²) in [4.78, 5) is 9.42. The van der Waals surface area contributed by atoms with E-state index in [-0.39, 0.29) is 24.0 Å². The molecule has 0 saturated heterocycles. The van der Waals surface area contributed by atoms with Crippen molar-refractivity contribution >= 4 is 57.1 Å². The number of fused-ring (bicyclic) bond motifs is 1. The number of hydrogen-bond acceptors (Lipinski definition) is 6. The molecule has 2 aliphatic rings. The van der Waals surface area contributed by atoms with Crippen LogP contribution in [0.4, 0.5) is 8.78 Å². The molecule has 0 radical (unpaired) electrons. The monoisotopic (exact) mass is 486 g/mol. The zero-order valence-electron chi connectivity index (χ0n) is 16.2. The predicted molar refractivity (Wildman–Crippen MR) is 123 cm³/mol. The van der Waals surface area contributed by atoms with Gasteiger partial charge in [0.1, 0.15) is 24.0 Å². The summed E-state index contributed by atoms with van der Waals surface area (Å²) in [5.74, 6) is 0.0625. The summed E-state index contributed by atoms with van der Waals surface area (Å²) in [7, 11) is 0. The molecule has 0 amide bonds. The molecule has 2 aliphatic heterocycles. The zero-order chi connectivity index (χ0) is 21.4. The molecule has 2 aromatic rings. The SMILES string of the molecule is CC1N=C(SCc2c(F)cccc2Cl)N2C(C)N=C(SCc3c(F)cccc3Cl)N12. The summed E-state index contributed by atoms with van der Waals surface area (Å²) >= 11 is 15.1. The molecule has 30 heavy (non-hydrogen) atoms. The van der Waals surface area contributed by atoms with Gasteiger partial charge in [-0.25, -0.2) is 28.8 Å². The highest BCUT2D eigenvalue weighted by Crippen LogP contribution is 2.37. The van der Waals surface area contributed by atoms with Crippen molar-refractivity contribution in [3.05, 3.63) is 69.2 Å². The minimum atomic E-state index is -0.331. The number of halogens is 4.